The normalized spacial score (nSPS) is 11.9. The van der Waals surface area contributed by atoms with E-state index in [1.54, 1.807) is 0 Å². The molecule has 14 aromatic rings. The first-order chi connectivity index (χ1) is 32.7. The highest BCUT2D eigenvalue weighted by Gasteiger charge is 2.25. The third-order valence-corrected chi connectivity index (χ3v) is 14.5. The predicted molar refractivity (Wildman–Crippen MR) is 279 cm³/mol. The van der Waals surface area contributed by atoms with Crippen LogP contribution in [0.2, 0.25) is 0 Å². The second kappa shape index (κ2) is 14.5. The van der Waals surface area contributed by atoms with Crippen LogP contribution in [0.5, 0.6) is 0 Å². The molecule has 66 heavy (non-hydrogen) atoms. The maximum Gasteiger partial charge on any atom is 0.165 e. The van der Waals surface area contributed by atoms with E-state index in [1.807, 2.05) is 29.5 Å². The predicted octanol–water partition coefficient (Wildman–Crippen LogP) is 16.6. The number of rotatable bonds is 5. The van der Waals surface area contributed by atoms with Crippen molar-refractivity contribution in [2.24, 2.45) is 0 Å². The molecule has 0 aliphatic heterocycles. The van der Waals surface area contributed by atoms with Gasteiger partial charge in [0, 0.05) is 58.4 Å². The number of hydrogen-bond donors (Lipinski definition) is 0. The second-order valence-electron chi connectivity index (χ2n) is 17.1. The molecule has 306 valence electrons. The molecule has 0 saturated carbocycles. The monoisotopic (exact) mass is 856 g/mol. The third-order valence-electron chi connectivity index (χ3n) is 13.4. The zero-order valence-electron chi connectivity index (χ0n) is 35.5. The first-order valence-corrected chi connectivity index (χ1v) is 23.2. The van der Waals surface area contributed by atoms with Gasteiger partial charge in [0.25, 0.3) is 0 Å². The van der Waals surface area contributed by atoms with E-state index < -0.39 is 0 Å². The molecule has 4 nitrogen and oxygen atoms in total. The van der Waals surface area contributed by atoms with E-state index in [9.17, 15) is 0 Å². The number of hydrogen-bond acceptors (Lipinski definition) is 4. The van der Waals surface area contributed by atoms with Gasteiger partial charge in [-0.15, -0.1) is 11.3 Å². The zero-order valence-corrected chi connectivity index (χ0v) is 36.3. The van der Waals surface area contributed by atoms with Crippen LogP contribution in [0.25, 0.3) is 136 Å². The highest BCUT2D eigenvalue weighted by Crippen LogP contribution is 2.46. The second-order valence-corrected chi connectivity index (χ2v) is 18.2. The van der Waals surface area contributed by atoms with Gasteiger partial charge in [0.1, 0.15) is 0 Å². The van der Waals surface area contributed by atoms with Gasteiger partial charge in [-0.2, -0.15) is 0 Å². The van der Waals surface area contributed by atoms with E-state index in [1.165, 1.54) is 63.4 Å². The highest BCUT2D eigenvalue weighted by molar-refractivity contribution is 7.25. The lowest BCUT2D eigenvalue weighted by molar-refractivity contribution is 1.08. The Labute approximate surface area is 383 Å². The minimum absolute atomic E-state index is 0.624. The molecule has 0 atom stereocenters. The molecule has 3 aromatic heterocycles. The number of thiophene rings is 1. The first-order valence-electron chi connectivity index (χ1n) is 22.3. The summed E-state index contributed by atoms with van der Waals surface area (Å²) in [5, 5.41) is 14.2. The van der Waals surface area contributed by atoms with Crippen LogP contribution >= 0.6 is 11.3 Å². The highest BCUT2D eigenvalue weighted by atomic mass is 32.1. The fourth-order valence-electron chi connectivity index (χ4n) is 10.4. The largest absolute Gasteiger partial charge is 0.308 e. The number of aromatic nitrogens is 4. The van der Waals surface area contributed by atoms with Crippen LogP contribution in [-0.2, 0) is 0 Å². The molecule has 5 heteroatoms. The molecule has 0 amide bonds. The standard InChI is InChI=1S/C61H36N4S/c1-2-17-39(18-3-1)59-62-60(42-30-32-56-51(34-42)47-25-12-13-28-55(47)66-56)64-61(63-59)57-48-26-11-10-24-46(48)54(36-52(57)45-27-14-21-37-15-6-8-22-43(37)45)65-53-35-41-20-5-4-19-40(41)33-50(53)49-31-29-38-16-7-9-23-44(38)58(49)65/h1-36H. The van der Waals surface area contributed by atoms with Crippen molar-refractivity contribution in [1.29, 1.82) is 0 Å². The summed E-state index contributed by atoms with van der Waals surface area (Å²) in [5.74, 6) is 1.89. The summed E-state index contributed by atoms with van der Waals surface area (Å²) in [7, 11) is 0. The number of nitrogens with zero attached hydrogens (tertiary/aromatic N) is 4. The Kier molecular flexibility index (Phi) is 8.12. The Bertz CT molecular complexity index is 4290. The molecule has 3 heterocycles. The average Bonchev–Trinajstić information content (AvgIpc) is 3.92. The molecule has 0 aliphatic carbocycles. The lowest BCUT2D eigenvalue weighted by Crippen LogP contribution is -2.04. The third kappa shape index (κ3) is 5.67. The van der Waals surface area contributed by atoms with Crippen molar-refractivity contribution < 1.29 is 0 Å². The lowest BCUT2D eigenvalue weighted by atomic mass is 9.89. The molecular weight excluding hydrogens is 821 g/mol. The van der Waals surface area contributed by atoms with Gasteiger partial charge in [-0.1, -0.05) is 176 Å². The van der Waals surface area contributed by atoms with Crippen molar-refractivity contribution in [2.75, 3.05) is 0 Å². The number of fused-ring (bicyclic) bond motifs is 11. The van der Waals surface area contributed by atoms with Crippen molar-refractivity contribution in [3.8, 4) is 51.0 Å². The summed E-state index contributed by atoms with van der Waals surface area (Å²) in [4.78, 5) is 16.2. The molecule has 0 spiro atoms. The molecule has 0 bridgehead atoms. The quantitative estimate of drug-likeness (QED) is 0.173. The average molecular weight is 857 g/mol. The maximum atomic E-state index is 5.53. The van der Waals surface area contributed by atoms with Crippen molar-refractivity contribution in [2.45, 2.75) is 0 Å². The molecule has 11 aromatic carbocycles. The maximum absolute atomic E-state index is 5.53. The lowest BCUT2D eigenvalue weighted by Gasteiger charge is -2.20. The van der Waals surface area contributed by atoms with Crippen molar-refractivity contribution in [1.82, 2.24) is 19.5 Å². The summed E-state index contributed by atoms with van der Waals surface area (Å²) < 4.78 is 5.03. The minimum Gasteiger partial charge on any atom is -0.308 e. The molecule has 0 aliphatic rings. The van der Waals surface area contributed by atoms with Gasteiger partial charge in [-0.05, 0) is 85.9 Å². The van der Waals surface area contributed by atoms with Crippen LogP contribution in [0.15, 0.2) is 218 Å². The fourth-order valence-corrected chi connectivity index (χ4v) is 11.5. The Morgan fingerprint density at radius 2 is 0.924 bits per heavy atom. The van der Waals surface area contributed by atoms with Crippen LogP contribution in [-0.4, -0.2) is 19.5 Å². The van der Waals surface area contributed by atoms with Gasteiger partial charge in [0.15, 0.2) is 17.5 Å². The molecule has 0 fully saturated rings. The van der Waals surface area contributed by atoms with E-state index in [-0.39, 0.29) is 0 Å². The summed E-state index contributed by atoms with van der Waals surface area (Å²) in [6.07, 6.45) is 0. The number of benzene rings is 11. The van der Waals surface area contributed by atoms with Crippen LogP contribution in [0, 0.1) is 0 Å². The van der Waals surface area contributed by atoms with Gasteiger partial charge in [-0.25, -0.2) is 15.0 Å². The van der Waals surface area contributed by atoms with E-state index in [4.69, 9.17) is 15.0 Å². The summed E-state index contributed by atoms with van der Waals surface area (Å²) in [5.41, 5.74) is 8.44. The van der Waals surface area contributed by atoms with Crippen molar-refractivity contribution >= 4 is 96.4 Å². The topological polar surface area (TPSA) is 43.6 Å². The first kappa shape index (κ1) is 36.9. The molecular formula is C61H36N4S. The van der Waals surface area contributed by atoms with Crippen LogP contribution in [0.4, 0.5) is 0 Å². The Morgan fingerprint density at radius 1 is 0.318 bits per heavy atom. The van der Waals surface area contributed by atoms with E-state index in [0.717, 1.165) is 55.2 Å². The van der Waals surface area contributed by atoms with Gasteiger partial charge >= 0.3 is 0 Å². The zero-order chi connectivity index (χ0) is 43.3. The summed E-state index contributed by atoms with van der Waals surface area (Å²) in [6, 6.07) is 78.9. The molecule has 0 saturated heterocycles. The van der Waals surface area contributed by atoms with E-state index >= 15 is 0 Å². The van der Waals surface area contributed by atoms with Crippen LogP contribution in [0.3, 0.4) is 0 Å². The summed E-state index contributed by atoms with van der Waals surface area (Å²) >= 11 is 1.81. The smallest absolute Gasteiger partial charge is 0.165 e. The van der Waals surface area contributed by atoms with Crippen LogP contribution in [0.1, 0.15) is 0 Å². The molecule has 0 radical (unpaired) electrons. The van der Waals surface area contributed by atoms with Crippen molar-refractivity contribution in [3.05, 3.63) is 218 Å². The Morgan fingerprint density at radius 3 is 1.74 bits per heavy atom. The molecule has 14 rings (SSSR count). The Balaban J connectivity index is 1.13. The van der Waals surface area contributed by atoms with Gasteiger partial charge in [0.2, 0.25) is 0 Å². The van der Waals surface area contributed by atoms with Gasteiger partial charge < -0.3 is 4.57 Å². The SMILES string of the molecule is c1ccc(-c2nc(-c3ccc4sc5ccccc5c4c3)nc(-c3c(-c4cccc5ccccc45)cc(-n4c5cc6ccccc6cc5c5ccc6ccccc6c54)c4ccccc34)n2)cc1. The minimum atomic E-state index is 0.624. The van der Waals surface area contributed by atoms with Crippen molar-refractivity contribution in [3.63, 3.8) is 0 Å². The van der Waals surface area contributed by atoms with E-state index in [0.29, 0.717) is 17.5 Å². The fraction of sp³-hybridized carbons (Fsp3) is 0. The van der Waals surface area contributed by atoms with E-state index in [2.05, 4.69) is 205 Å². The molecule has 0 unspecified atom stereocenters. The summed E-state index contributed by atoms with van der Waals surface area (Å²) in [6.45, 7) is 0. The molecule has 0 N–H and O–H groups in total. The van der Waals surface area contributed by atoms with Gasteiger partial charge in [-0.3, -0.25) is 0 Å². The van der Waals surface area contributed by atoms with Gasteiger partial charge in [0.05, 0.1) is 16.7 Å². The Hall–Kier alpha value is -8.51. The van der Waals surface area contributed by atoms with Crippen LogP contribution < -0.4 is 0 Å².